The van der Waals surface area contributed by atoms with Gasteiger partial charge in [-0.25, -0.2) is 0 Å². The van der Waals surface area contributed by atoms with E-state index in [2.05, 4.69) is 15.1 Å². The molecule has 1 saturated heterocycles. The Kier molecular flexibility index (Phi) is 6.19. The maximum absolute atomic E-state index is 12.5. The molecule has 1 amide bonds. The van der Waals surface area contributed by atoms with Crippen LogP contribution in [0.25, 0.3) is 0 Å². The summed E-state index contributed by atoms with van der Waals surface area (Å²) in [5.41, 5.74) is 1.90. The van der Waals surface area contributed by atoms with Crippen LogP contribution in [0.4, 0.5) is 5.69 Å². The first kappa shape index (κ1) is 19.0. The van der Waals surface area contributed by atoms with E-state index in [9.17, 15) is 9.90 Å². The summed E-state index contributed by atoms with van der Waals surface area (Å²) < 4.78 is 5.15. The van der Waals surface area contributed by atoms with Crippen molar-refractivity contribution in [2.75, 3.05) is 38.2 Å². The number of hydrogen-bond acceptors (Lipinski definition) is 5. The summed E-state index contributed by atoms with van der Waals surface area (Å²) >= 11 is 0. The number of carbonyl (C=O) groups excluding carboxylic acids is 1. The molecule has 0 bridgehead atoms. The van der Waals surface area contributed by atoms with E-state index in [1.54, 1.807) is 13.2 Å². The van der Waals surface area contributed by atoms with Crippen molar-refractivity contribution in [3.63, 3.8) is 0 Å². The Hall–Kier alpha value is -2.73. The van der Waals surface area contributed by atoms with Gasteiger partial charge in [0.15, 0.2) is 0 Å². The molecule has 0 aliphatic carbocycles. The summed E-state index contributed by atoms with van der Waals surface area (Å²) in [5.74, 6) is 1.14. The molecule has 0 aromatic heterocycles. The number of hydrogen-bond donors (Lipinski definition) is 2. The van der Waals surface area contributed by atoms with Gasteiger partial charge in [-0.15, -0.1) is 0 Å². The lowest BCUT2D eigenvalue weighted by Crippen LogP contribution is -2.53. The van der Waals surface area contributed by atoms with Crippen LogP contribution in [0.3, 0.4) is 0 Å². The minimum absolute atomic E-state index is 0.0295. The maximum atomic E-state index is 12.5. The quantitative estimate of drug-likeness (QED) is 0.818. The minimum Gasteiger partial charge on any atom is -0.506 e. The molecule has 1 aliphatic heterocycles. The van der Waals surface area contributed by atoms with E-state index in [0.29, 0.717) is 12.3 Å². The molecule has 0 radical (unpaired) electrons. The summed E-state index contributed by atoms with van der Waals surface area (Å²) in [7, 11) is 1.64. The summed E-state index contributed by atoms with van der Waals surface area (Å²) in [5, 5.41) is 13.0. The Bertz CT molecular complexity index is 756. The Morgan fingerprint density at radius 1 is 1.11 bits per heavy atom. The lowest BCUT2D eigenvalue weighted by Gasteiger charge is -2.38. The standard InChI is InChI=1S/C21H27N3O3/c1-16(21(26)22-15-17-7-9-18(27-2)10-8-17)23-11-13-24(14-12-23)19-5-3-4-6-20(19)25/h3-10,16,25H,11-15H2,1-2H3,(H,22,26)/t16-/m1/s1. The largest absolute Gasteiger partial charge is 0.506 e. The van der Waals surface area contributed by atoms with Crippen molar-refractivity contribution >= 4 is 11.6 Å². The van der Waals surface area contributed by atoms with Gasteiger partial charge in [0.2, 0.25) is 5.91 Å². The molecule has 2 aromatic rings. The number of aromatic hydroxyl groups is 1. The topological polar surface area (TPSA) is 65.0 Å². The van der Waals surface area contributed by atoms with Crippen molar-refractivity contribution in [3.05, 3.63) is 54.1 Å². The Morgan fingerprint density at radius 3 is 2.41 bits per heavy atom. The van der Waals surface area contributed by atoms with Gasteiger partial charge in [0.1, 0.15) is 11.5 Å². The minimum atomic E-state index is -0.185. The van der Waals surface area contributed by atoms with Crippen molar-refractivity contribution in [3.8, 4) is 11.5 Å². The van der Waals surface area contributed by atoms with Crippen LogP contribution in [-0.2, 0) is 11.3 Å². The highest BCUT2D eigenvalue weighted by Gasteiger charge is 2.26. The smallest absolute Gasteiger partial charge is 0.237 e. The average Bonchev–Trinajstić information content (AvgIpc) is 2.72. The first-order valence-corrected chi connectivity index (χ1v) is 9.26. The van der Waals surface area contributed by atoms with Crippen molar-refractivity contribution in [1.82, 2.24) is 10.2 Å². The number of benzene rings is 2. The third kappa shape index (κ3) is 4.71. The van der Waals surface area contributed by atoms with Gasteiger partial charge in [-0.1, -0.05) is 24.3 Å². The second-order valence-electron chi connectivity index (χ2n) is 6.75. The van der Waals surface area contributed by atoms with E-state index in [1.807, 2.05) is 49.4 Å². The van der Waals surface area contributed by atoms with Crippen LogP contribution < -0.4 is 15.0 Å². The van der Waals surface area contributed by atoms with Gasteiger partial charge >= 0.3 is 0 Å². The predicted octanol–water partition coefficient (Wildman–Crippen LogP) is 2.23. The number of anilines is 1. The molecule has 2 N–H and O–H groups in total. The van der Waals surface area contributed by atoms with Crippen LogP contribution >= 0.6 is 0 Å². The van der Waals surface area contributed by atoms with Gasteiger partial charge in [-0.3, -0.25) is 9.69 Å². The Balaban J connectivity index is 1.48. The molecule has 27 heavy (non-hydrogen) atoms. The third-order valence-electron chi connectivity index (χ3n) is 5.09. The second kappa shape index (κ2) is 8.77. The number of rotatable bonds is 6. The SMILES string of the molecule is COc1ccc(CNC(=O)[C@@H](C)N2CCN(c3ccccc3O)CC2)cc1. The molecule has 1 fully saturated rings. The van der Waals surface area contributed by atoms with Crippen molar-refractivity contribution < 1.29 is 14.6 Å². The number of nitrogens with zero attached hydrogens (tertiary/aromatic N) is 2. The zero-order valence-electron chi connectivity index (χ0n) is 15.9. The number of phenols is 1. The van der Waals surface area contributed by atoms with Crippen molar-refractivity contribution in [2.24, 2.45) is 0 Å². The molecule has 0 spiro atoms. The average molecular weight is 369 g/mol. The van der Waals surface area contributed by atoms with E-state index < -0.39 is 0 Å². The van der Waals surface area contributed by atoms with Crippen LogP contribution in [0.15, 0.2) is 48.5 Å². The van der Waals surface area contributed by atoms with Crippen LogP contribution in [-0.4, -0.2) is 55.2 Å². The van der Waals surface area contributed by atoms with Crippen molar-refractivity contribution in [1.29, 1.82) is 0 Å². The maximum Gasteiger partial charge on any atom is 0.237 e. The summed E-state index contributed by atoms with van der Waals surface area (Å²) in [6.45, 7) is 5.59. The first-order chi connectivity index (χ1) is 13.1. The zero-order chi connectivity index (χ0) is 19.2. The van der Waals surface area contributed by atoms with Gasteiger partial charge in [0.25, 0.3) is 0 Å². The van der Waals surface area contributed by atoms with E-state index in [1.165, 1.54) is 0 Å². The predicted molar refractivity (Wildman–Crippen MR) is 106 cm³/mol. The van der Waals surface area contributed by atoms with E-state index in [0.717, 1.165) is 43.2 Å². The van der Waals surface area contributed by atoms with E-state index >= 15 is 0 Å². The third-order valence-corrected chi connectivity index (χ3v) is 5.09. The zero-order valence-corrected chi connectivity index (χ0v) is 15.9. The molecule has 1 heterocycles. The molecular formula is C21H27N3O3. The number of phenolic OH excluding ortho intramolecular Hbond substituents is 1. The molecule has 2 aromatic carbocycles. The molecule has 6 nitrogen and oxygen atoms in total. The molecule has 0 unspecified atom stereocenters. The van der Waals surface area contributed by atoms with Crippen LogP contribution in [0, 0.1) is 0 Å². The number of ether oxygens (including phenoxy) is 1. The fraction of sp³-hybridized carbons (Fsp3) is 0.381. The number of nitrogens with one attached hydrogen (secondary N) is 1. The van der Waals surface area contributed by atoms with E-state index in [-0.39, 0.29) is 11.9 Å². The molecule has 3 rings (SSSR count). The molecule has 144 valence electrons. The van der Waals surface area contributed by atoms with Gasteiger partial charge in [0.05, 0.1) is 18.8 Å². The number of methoxy groups -OCH3 is 1. The number of amides is 1. The summed E-state index contributed by atoms with van der Waals surface area (Å²) in [6, 6.07) is 14.9. The van der Waals surface area contributed by atoms with Crippen LogP contribution in [0.2, 0.25) is 0 Å². The summed E-state index contributed by atoms with van der Waals surface area (Å²) in [4.78, 5) is 16.9. The van der Waals surface area contributed by atoms with Gasteiger partial charge in [-0.05, 0) is 36.8 Å². The molecule has 6 heteroatoms. The highest BCUT2D eigenvalue weighted by Crippen LogP contribution is 2.27. The first-order valence-electron chi connectivity index (χ1n) is 9.26. The lowest BCUT2D eigenvalue weighted by molar-refractivity contribution is -0.126. The molecule has 1 atom stereocenters. The fourth-order valence-electron chi connectivity index (χ4n) is 3.33. The fourth-order valence-corrected chi connectivity index (χ4v) is 3.33. The Morgan fingerprint density at radius 2 is 1.78 bits per heavy atom. The van der Waals surface area contributed by atoms with Crippen LogP contribution in [0.1, 0.15) is 12.5 Å². The highest BCUT2D eigenvalue weighted by molar-refractivity contribution is 5.81. The second-order valence-corrected chi connectivity index (χ2v) is 6.75. The molecule has 0 saturated carbocycles. The molecule has 1 aliphatic rings. The van der Waals surface area contributed by atoms with Gasteiger partial charge in [-0.2, -0.15) is 0 Å². The normalized spacial score (nSPS) is 16.0. The number of para-hydroxylation sites is 2. The van der Waals surface area contributed by atoms with Gasteiger partial charge in [0, 0.05) is 32.7 Å². The van der Waals surface area contributed by atoms with E-state index in [4.69, 9.17) is 4.74 Å². The highest BCUT2D eigenvalue weighted by atomic mass is 16.5. The summed E-state index contributed by atoms with van der Waals surface area (Å²) in [6.07, 6.45) is 0. The number of piperazine rings is 1. The molecular weight excluding hydrogens is 342 g/mol. The number of carbonyl (C=O) groups is 1. The monoisotopic (exact) mass is 369 g/mol. The Labute approximate surface area is 160 Å². The van der Waals surface area contributed by atoms with Gasteiger partial charge < -0.3 is 20.1 Å². The van der Waals surface area contributed by atoms with Crippen molar-refractivity contribution in [2.45, 2.75) is 19.5 Å². The lowest BCUT2D eigenvalue weighted by atomic mass is 10.1. The van der Waals surface area contributed by atoms with Crippen LogP contribution in [0.5, 0.6) is 11.5 Å².